The number of carbonyl (C=O) groups is 3. The van der Waals surface area contributed by atoms with Crippen LogP contribution in [0.1, 0.15) is 37.6 Å². The zero-order valence-corrected chi connectivity index (χ0v) is 19.6. The maximum absolute atomic E-state index is 13.3. The Morgan fingerprint density at radius 3 is 2.18 bits per heavy atom. The summed E-state index contributed by atoms with van der Waals surface area (Å²) in [5.74, 6) is -0.737. The summed E-state index contributed by atoms with van der Waals surface area (Å²) in [6.07, 6.45) is 0.195. The molecule has 1 N–H and O–H groups in total. The summed E-state index contributed by atoms with van der Waals surface area (Å²) in [6.45, 7) is 9.06. The fraction of sp³-hybridized carbons (Fsp3) is 0.423. The van der Waals surface area contributed by atoms with Crippen molar-refractivity contribution >= 4 is 29.1 Å². The van der Waals surface area contributed by atoms with Crippen molar-refractivity contribution in [3.05, 3.63) is 60.2 Å². The maximum Gasteiger partial charge on any atom is 0.256 e. The largest absolute Gasteiger partial charge is 0.368 e. The van der Waals surface area contributed by atoms with Crippen LogP contribution >= 0.6 is 0 Å². The molecule has 0 aromatic heterocycles. The van der Waals surface area contributed by atoms with E-state index in [1.165, 1.54) is 0 Å². The number of nitrogens with one attached hydrogen (secondary N) is 1. The molecule has 0 aliphatic carbocycles. The van der Waals surface area contributed by atoms with Gasteiger partial charge in [-0.05, 0) is 45.0 Å². The first-order valence-electron chi connectivity index (χ1n) is 11.5. The summed E-state index contributed by atoms with van der Waals surface area (Å²) in [7, 11) is 0. The minimum atomic E-state index is -0.422. The standard InChI is InChI=1S/C26H32N4O3/c1-26(2,3)30-18-19(17-23(30)31)24(32)27-22-12-8-7-11-21(22)25(33)29-15-13-28(14-16-29)20-9-5-4-6-10-20/h4-12,19H,13-18H2,1-3H3,(H,27,32). The maximum atomic E-state index is 13.3. The molecule has 2 aromatic carbocycles. The van der Waals surface area contributed by atoms with Crippen LogP contribution in [0.5, 0.6) is 0 Å². The second-order valence-electron chi connectivity index (χ2n) is 9.73. The Kier molecular flexibility index (Phi) is 6.40. The van der Waals surface area contributed by atoms with Crippen molar-refractivity contribution in [2.24, 2.45) is 5.92 Å². The van der Waals surface area contributed by atoms with Crippen LogP contribution in [-0.2, 0) is 9.59 Å². The number of anilines is 2. The van der Waals surface area contributed by atoms with Gasteiger partial charge in [0, 0.05) is 50.4 Å². The quantitative estimate of drug-likeness (QED) is 0.780. The Bertz CT molecular complexity index is 1020. The number of para-hydroxylation sites is 2. The number of hydrogen-bond acceptors (Lipinski definition) is 4. The molecule has 3 amide bonds. The molecule has 1 unspecified atom stereocenters. The van der Waals surface area contributed by atoms with Crippen LogP contribution in [0.3, 0.4) is 0 Å². The number of hydrogen-bond donors (Lipinski definition) is 1. The van der Waals surface area contributed by atoms with Gasteiger partial charge >= 0.3 is 0 Å². The van der Waals surface area contributed by atoms with Crippen LogP contribution in [0.25, 0.3) is 0 Å². The lowest BCUT2D eigenvalue weighted by molar-refractivity contribution is -0.131. The zero-order valence-electron chi connectivity index (χ0n) is 19.6. The number of nitrogens with zero attached hydrogens (tertiary/aromatic N) is 3. The smallest absolute Gasteiger partial charge is 0.256 e. The SMILES string of the molecule is CC(C)(C)N1CC(C(=O)Nc2ccccc2C(=O)N2CCN(c3ccccc3)CC2)CC1=O. The van der Waals surface area contributed by atoms with Crippen molar-refractivity contribution < 1.29 is 14.4 Å². The lowest BCUT2D eigenvalue weighted by Crippen LogP contribution is -2.49. The van der Waals surface area contributed by atoms with Crippen molar-refractivity contribution in [1.29, 1.82) is 0 Å². The third-order valence-electron chi connectivity index (χ3n) is 6.41. The number of benzene rings is 2. The Labute approximate surface area is 195 Å². The molecule has 7 nitrogen and oxygen atoms in total. The van der Waals surface area contributed by atoms with Crippen molar-refractivity contribution in [3.63, 3.8) is 0 Å². The summed E-state index contributed by atoms with van der Waals surface area (Å²) >= 11 is 0. The topological polar surface area (TPSA) is 73.0 Å². The molecular formula is C26H32N4O3. The fourth-order valence-electron chi connectivity index (χ4n) is 4.52. The average molecular weight is 449 g/mol. The Hall–Kier alpha value is -3.35. The average Bonchev–Trinajstić information content (AvgIpc) is 3.22. The van der Waals surface area contributed by atoms with Crippen LogP contribution in [-0.4, -0.2) is 65.8 Å². The van der Waals surface area contributed by atoms with Gasteiger partial charge in [0.1, 0.15) is 0 Å². The van der Waals surface area contributed by atoms with Crippen molar-refractivity contribution in [1.82, 2.24) is 9.80 Å². The number of rotatable bonds is 4. The van der Waals surface area contributed by atoms with E-state index in [1.807, 2.05) is 49.9 Å². The summed E-state index contributed by atoms with van der Waals surface area (Å²) in [6, 6.07) is 17.3. The molecule has 0 saturated carbocycles. The minimum Gasteiger partial charge on any atom is -0.368 e. The van der Waals surface area contributed by atoms with Gasteiger partial charge in [-0.3, -0.25) is 14.4 Å². The molecule has 2 heterocycles. The highest BCUT2D eigenvalue weighted by molar-refractivity contribution is 6.05. The first kappa shape index (κ1) is 22.8. The van der Waals surface area contributed by atoms with E-state index in [4.69, 9.17) is 0 Å². The Morgan fingerprint density at radius 2 is 1.55 bits per heavy atom. The van der Waals surface area contributed by atoms with Crippen LogP contribution in [0.15, 0.2) is 54.6 Å². The van der Waals surface area contributed by atoms with Crippen molar-refractivity contribution in [2.75, 3.05) is 42.9 Å². The second-order valence-corrected chi connectivity index (χ2v) is 9.73. The molecule has 4 rings (SSSR count). The molecule has 2 fully saturated rings. The fourth-order valence-corrected chi connectivity index (χ4v) is 4.52. The third-order valence-corrected chi connectivity index (χ3v) is 6.41. The second kappa shape index (κ2) is 9.25. The van der Waals surface area contributed by atoms with E-state index < -0.39 is 5.92 Å². The molecule has 2 aromatic rings. The van der Waals surface area contributed by atoms with E-state index in [1.54, 1.807) is 23.1 Å². The zero-order chi connectivity index (χ0) is 23.6. The van der Waals surface area contributed by atoms with Crippen LogP contribution < -0.4 is 10.2 Å². The minimum absolute atomic E-state index is 0.0108. The first-order valence-corrected chi connectivity index (χ1v) is 11.5. The molecule has 7 heteroatoms. The highest BCUT2D eigenvalue weighted by Gasteiger charge is 2.39. The molecule has 0 bridgehead atoms. The summed E-state index contributed by atoms with van der Waals surface area (Å²) in [4.78, 5) is 44.5. The van der Waals surface area contributed by atoms with Gasteiger partial charge < -0.3 is 20.0 Å². The van der Waals surface area contributed by atoms with Gasteiger partial charge in [-0.15, -0.1) is 0 Å². The highest BCUT2D eigenvalue weighted by atomic mass is 16.2. The summed E-state index contributed by atoms with van der Waals surface area (Å²) in [5, 5.41) is 2.92. The Balaban J connectivity index is 1.41. The number of amides is 3. The summed E-state index contributed by atoms with van der Waals surface area (Å²) < 4.78 is 0. The lowest BCUT2D eigenvalue weighted by atomic mass is 10.1. The molecule has 33 heavy (non-hydrogen) atoms. The third kappa shape index (κ3) is 5.02. The number of piperazine rings is 1. The van der Waals surface area contributed by atoms with E-state index in [9.17, 15) is 14.4 Å². The summed E-state index contributed by atoms with van der Waals surface area (Å²) in [5.41, 5.74) is 1.82. The number of likely N-dealkylation sites (tertiary alicyclic amines) is 1. The van der Waals surface area contributed by atoms with Gasteiger partial charge in [0.05, 0.1) is 17.2 Å². The van der Waals surface area contributed by atoms with Crippen LogP contribution in [0, 0.1) is 5.92 Å². The van der Waals surface area contributed by atoms with E-state index >= 15 is 0 Å². The Morgan fingerprint density at radius 1 is 0.909 bits per heavy atom. The molecule has 174 valence electrons. The van der Waals surface area contributed by atoms with Crippen molar-refractivity contribution in [3.8, 4) is 0 Å². The van der Waals surface area contributed by atoms with Gasteiger partial charge in [0.2, 0.25) is 11.8 Å². The molecule has 1 atom stereocenters. The normalized spacial score (nSPS) is 19.1. The lowest BCUT2D eigenvalue weighted by Gasteiger charge is -2.36. The molecule has 2 saturated heterocycles. The molecule has 2 aliphatic heterocycles. The first-order chi connectivity index (χ1) is 15.7. The predicted octanol–water partition coefficient (Wildman–Crippen LogP) is 3.23. The van der Waals surface area contributed by atoms with E-state index in [-0.39, 0.29) is 29.7 Å². The van der Waals surface area contributed by atoms with E-state index in [0.29, 0.717) is 30.9 Å². The van der Waals surface area contributed by atoms with Crippen molar-refractivity contribution in [2.45, 2.75) is 32.7 Å². The van der Waals surface area contributed by atoms with Crippen LogP contribution in [0.4, 0.5) is 11.4 Å². The molecule has 2 aliphatic rings. The van der Waals surface area contributed by atoms with E-state index in [0.717, 1.165) is 18.8 Å². The van der Waals surface area contributed by atoms with Gasteiger partial charge in [-0.2, -0.15) is 0 Å². The molecule has 0 spiro atoms. The monoisotopic (exact) mass is 448 g/mol. The van der Waals surface area contributed by atoms with Gasteiger partial charge in [0.15, 0.2) is 0 Å². The molecule has 0 radical (unpaired) electrons. The van der Waals surface area contributed by atoms with E-state index in [2.05, 4.69) is 22.3 Å². The van der Waals surface area contributed by atoms with Gasteiger partial charge in [-0.1, -0.05) is 30.3 Å². The predicted molar refractivity (Wildman–Crippen MR) is 129 cm³/mol. The van der Waals surface area contributed by atoms with Gasteiger partial charge in [0.25, 0.3) is 5.91 Å². The van der Waals surface area contributed by atoms with Crippen LogP contribution in [0.2, 0.25) is 0 Å². The van der Waals surface area contributed by atoms with Gasteiger partial charge in [-0.25, -0.2) is 0 Å². The number of carbonyl (C=O) groups excluding carboxylic acids is 3. The molecular weight excluding hydrogens is 416 g/mol. The highest BCUT2D eigenvalue weighted by Crippen LogP contribution is 2.28.